The summed E-state index contributed by atoms with van der Waals surface area (Å²) in [5, 5.41) is 5.27. The van der Waals surface area contributed by atoms with Crippen LogP contribution in [0.1, 0.15) is 22.0 Å². The first-order valence-corrected chi connectivity index (χ1v) is 8.12. The van der Waals surface area contributed by atoms with E-state index in [4.69, 9.17) is 4.74 Å². The first-order valence-electron chi connectivity index (χ1n) is 6.45. The summed E-state index contributed by atoms with van der Waals surface area (Å²) in [6, 6.07) is 9.45. The average Bonchev–Trinajstić information content (AvgIpc) is 2.94. The molecule has 3 rings (SSSR count). The van der Waals surface area contributed by atoms with Crippen LogP contribution in [0, 0.1) is 0 Å². The van der Waals surface area contributed by atoms with Gasteiger partial charge in [0.25, 0.3) is 0 Å². The van der Waals surface area contributed by atoms with E-state index in [-0.39, 0.29) is 18.6 Å². The van der Waals surface area contributed by atoms with Gasteiger partial charge in [0, 0.05) is 21.5 Å². The molecule has 2 heterocycles. The molecule has 104 valence electrons. The largest absolute Gasteiger partial charge is 0.459 e. The Morgan fingerprint density at radius 2 is 2.25 bits per heavy atom. The SMILES string of the molecule is O=C(OCc1ccccc1Br)C1NCCc2sccc21. The van der Waals surface area contributed by atoms with Crippen molar-refractivity contribution < 1.29 is 9.53 Å². The average molecular weight is 352 g/mol. The molecule has 0 aliphatic carbocycles. The number of rotatable bonds is 3. The molecule has 0 amide bonds. The zero-order chi connectivity index (χ0) is 13.9. The van der Waals surface area contributed by atoms with Gasteiger partial charge in [0.2, 0.25) is 0 Å². The van der Waals surface area contributed by atoms with E-state index in [2.05, 4.69) is 21.2 Å². The fraction of sp³-hybridized carbons (Fsp3) is 0.267. The summed E-state index contributed by atoms with van der Waals surface area (Å²) in [4.78, 5) is 13.5. The van der Waals surface area contributed by atoms with Crippen molar-refractivity contribution in [3.8, 4) is 0 Å². The minimum absolute atomic E-state index is 0.208. The van der Waals surface area contributed by atoms with E-state index in [0.717, 1.165) is 28.6 Å². The van der Waals surface area contributed by atoms with Crippen molar-refractivity contribution in [1.29, 1.82) is 0 Å². The summed E-state index contributed by atoms with van der Waals surface area (Å²) in [5.74, 6) is -0.208. The Kier molecular flexibility index (Phi) is 4.19. The summed E-state index contributed by atoms with van der Waals surface area (Å²) in [6.45, 7) is 1.11. The highest BCUT2D eigenvalue weighted by Crippen LogP contribution is 2.28. The number of hydrogen-bond donors (Lipinski definition) is 1. The summed E-state index contributed by atoms with van der Waals surface area (Å²) in [7, 11) is 0. The molecule has 20 heavy (non-hydrogen) atoms. The van der Waals surface area contributed by atoms with E-state index >= 15 is 0 Å². The number of benzene rings is 1. The van der Waals surface area contributed by atoms with E-state index in [1.54, 1.807) is 11.3 Å². The number of halogens is 1. The second-order valence-corrected chi connectivity index (χ2v) is 6.49. The van der Waals surface area contributed by atoms with Crippen LogP contribution in [0.5, 0.6) is 0 Å². The van der Waals surface area contributed by atoms with Crippen LogP contribution in [-0.4, -0.2) is 12.5 Å². The molecule has 2 aromatic rings. The number of ether oxygens (including phenoxy) is 1. The predicted molar refractivity (Wildman–Crippen MR) is 82.7 cm³/mol. The van der Waals surface area contributed by atoms with Crippen molar-refractivity contribution in [2.75, 3.05) is 6.54 Å². The number of fused-ring (bicyclic) bond motifs is 1. The number of esters is 1. The molecule has 1 aromatic heterocycles. The van der Waals surface area contributed by atoms with Crippen molar-refractivity contribution in [3.63, 3.8) is 0 Å². The van der Waals surface area contributed by atoms with Crippen LogP contribution in [0.4, 0.5) is 0 Å². The molecule has 0 saturated heterocycles. The molecule has 1 aliphatic heterocycles. The van der Waals surface area contributed by atoms with E-state index < -0.39 is 0 Å². The van der Waals surface area contributed by atoms with E-state index in [1.807, 2.05) is 35.7 Å². The van der Waals surface area contributed by atoms with Crippen LogP contribution in [0.25, 0.3) is 0 Å². The van der Waals surface area contributed by atoms with Gasteiger partial charge in [-0.2, -0.15) is 0 Å². The normalized spacial score (nSPS) is 17.6. The van der Waals surface area contributed by atoms with Gasteiger partial charge in [-0.05, 0) is 29.5 Å². The van der Waals surface area contributed by atoms with Gasteiger partial charge in [-0.1, -0.05) is 34.1 Å². The Balaban J connectivity index is 1.68. The van der Waals surface area contributed by atoms with Gasteiger partial charge in [0.05, 0.1) is 0 Å². The van der Waals surface area contributed by atoms with Crippen LogP contribution >= 0.6 is 27.3 Å². The standard InChI is InChI=1S/C15H14BrNO2S/c16-12-4-2-1-3-10(12)9-19-15(18)14-11-6-8-20-13(11)5-7-17-14/h1-4,6,8,14,17H,5,7,9H2. The maximum Gasteiger partial charge on any atom is 0.328 e. The van der Waals surface area contributed by atoms with Crippen molar-refractivity contribution in [1.82, 2.24) is 5.32 Å². The zero-order valence-electron chi connectivity index (χ0n) is 10.8. The molecule has 1 N–H and O–H groups in total. The summed E-state index contributed by atoms with van der Waals surface area (Å²) in [5.41, 5.74) is 2.04. The van der Waals surface area contributed by atoms with Crippen LogP contribution in [-0.2, 0) is 22.6 Å². The molecule has 0 fully saturated rings. The summed E-state index contributed by atoms with van der Waals surface area (Å²) in [6.07, 6.45) is 0.987. The lowest BCUT2D eigenvalue weighted by atomic mass is 10.0. The first-order chi connectivity index (χ1) is 9.75. The molecule has 0 saturated carbocycles. The van der Waals surface area contributed by atoms with Gasteiger partial charge in [-0.25, -0.2) is 4.79 Å². The highest BCUT2D eigenvalue weighted by atomic mass is 79.9. The third-order valence-electron chi connectivity index (χ3n) is 3.35. The van der Waals surface area contributed by atoms with E-state index in [9.17, 15) is 4.79 Å². The van der Waals surface area contributed by atoms with Gasteiger partial charge in [-0.3, -0.25) is 0 Å². The molecule has 1 aromatic carbocycles. The minimum atomic E-state index is -0.326. The molecular formula is C15H14BrNO2S. The van der Waals surface area contributed by atoms with Crippen molar-refractivity contribution in [2.24, 2.45) is 0 Å². The maximum absolute atomic E-state index is 12.2. The topological polar surface area (TPSA) is 38.3 Å². The summed E-state index contributed by atoms with van der Waals surface area (Å²) >= 11 is 5.16. The molecule has 1 atom stereocenters. The van der Waals surface area contributed by atoms with Gasteiger partial charge < -0.3 is 10.1 Å². The molecule has 5 heteroatoms. The smallest absolute Gasteiger partial charge is 0.328 e. The Labute approximate surface area is 130 Å². The van der Waals surface area contributed by atoms with Crippen LogP contribution in [0.15, 0.2) is 40.2 Å². The summed E-state index contributed by atoms with van der Waals surface area (Å²) < 4.78 is 6.41. The van der Waals surface area contributed by atoms with E-state index in [1.165, 1.54) is 4.88 Å². The quantitative estimate of drug-likeness (QED) is 0.860. The Bertz CT molecular complexity index is 626. The molecule has 0 radical (unpaired) electrons. The molecule has 1 unspecified atom stereocenters. The molecule has 1 aliphatic rings. The molecule has 0 spiro atoms. The second-order valence-electron chi connectivity index (χ2n) is 4.64. The highest BCUT2D eigenvalue weighted by Gasteiger charge is 2.28. The predicted octanol–water partition coefficient (Wildman–Crippen LogP) is 3.44. The van der Waals surface area contributed by atoms with Gasteiger partial charge >= 0.3 is 5.97 Å². The lowest BCUT2D eigenvalue weighted by molar-refractivity contribution is -0.147. The number of carbonyl (C=O) groups is 1. The molecule has 0 bridgehead atoms. The number of hydrogen-bond acceptors (Lipinski definition) is 4. The van der Waals surface area contributed by atoms with Gasteiger partial charge in [-0.15, -0.1) is 11.3 Å². The fourth-order valence-corrected chi connectivity index (χ4v) is 3.63. The molecular weight excluding hydrogens is 338 g/mol. The van der Waals surface area contributed by atoms with Crippen LogP contribution < -0.4 is 5.32 Å². The first kappa shape index (κ1) is 13.8. The fourth-order valence-electron chi connectivity index (χ4n) is 2.31. The number of carbonyl (C=O) groups excluding carboxylic acids is 1. The second kappa shape index (κ2) is 6.08. The van der Waals surface area contributed by atoms with Crippen molar-refractivity contribution in [2.45, 2.75) is 19.1 Å². The minimum Gasteiger partial charge on any atom is -0.459 e. The number of nitrogens with one attached hydrogen (secondary N) is 1. The van der Waals surface area contributed by atoms with Gasteiger partial charge in [0.15, 0.2) is 0 Å². The lowest BCUT2D eigenvalue weighted by Gasteiger charge is -2.22. The Morgan fingerprint density at radius 1 is 1.40 bits per heavy atom. The van der Waals surface area contributed by atoms with Crippen molar-refractivity contribution >= 4 is 33.2 Å². The maximum atomic E-state index is 12.2. The third kappa shape index (κ3) is 2.80. The van der Waals surface area contributed by atoms with E-state index in [0.29, 0.717) is 0 Å². The van der Waals surface area contributed by atoms with Crippen molar-refractivity contribution in [3.05, 3.63) is 56.2 Å². The Hall–Kier alpha value is -1.17. The highest BCUT2D eigenvalue weighted by molar-refractivity contribution is 9.10. The van der Waals surface area contributed by atoms with Crippen LogP contribution in [0.2, 0.25) is 0 Å². The van der Waals surface area contributed by atoms with Crippen LogP contribution in [0.3, 0.4) is 0 Å². The number of thiophene rings is 1. The monoisotopic (exact) mass is 351 g/mol. The lowest BCUT2D eigenvalue weighted by Crippen LogP contribution is -2.35. The van der Waals surface area contributed by atoms with Gasteiger partial charge in [0.1, 0.15) is 12.6 Å². The Morgan fingerprint density at radius 3 is 3.10 bits per heavy atom. The molecule has 3 nitrogen and oxygen atoms in total. The zero-order valence-corrected chi connectivity index (χ0v) is 13.2. The third-order valence-corrected chi connectivity index (χ3v) is 5.13.